The third kappa shape index (κ3) is 6.05. The number of para-hydroxylation sites is 1. The number of pyridine rings is 2. The normalized spacial score (nSPS) is 12.6. The maximum atomic E-state index is 5.37. The van der Waals surface area contributed by atoms with Crippen LogP contribution in [0.15, 0.2) is 225 Å². The molecule has 0 spiro atoms. The molecule has 11 aromatic rings. The van der Waals surface area contributed by atoms with E-state index < -0.39 is 5.41 Å². The first-order valence-corrected chi connectivity index (χ1v) is 21.2. The van der Waals surface area contributed by atoms with Crippen molar-refractivity contribution < 1.29 is 0 Å². The largest absolute Gasteiger partial charge is 0.264 e. The van der Waals surface area contributed by atoms with Gasteiger partial charge in [-0.2, -0.15) is 0 Å². The van der Waals surface area contributed by atoms with E-state index in [4.69, 9.17) is 19.9 Å². The van der Waals surface area contributed by atoms with Gasteiger partial charge in [-0.05, 0) is 86.3 Å². The third-order valence-corrected chi connectivity index (χ3v) is 12.5. The predicted molar refractivity (Wildman–Crippen MR) is 255 cm³/mol. The number of nitrogens with zero attached hydrogens (tertiary/aromatic N) is 5. The Morgan fingerprint density at radius 3 is 1.54 bits per heavy atom. The Morgan fingerprint density at radius 1 is 0.317 bits per heavy atom. The van der Waals surface area contributed by atoms with Gasteiger partial charge in [0.25, 0.3) is 0 Å². The lowest BCUT2D eigenvalue weighted by Gasteiger charge is -2.34. The van der Waals surface area contributed by atoms with E-state index in [0.29, 0.717) is 17.5 Å². The van der Waals surface area contributed by atoms with E-state index >= 15 is 0 Å². The first kappa shape index (κ1) is 36.4. The van der Waals surface area contributed by atoms with Crippen LogP contribution in [0.3, 0.4) is 0 Å². The van der Waals surface area contributed by atoms with Crippen molar-refractivity contribution in [3.63, 3.8) is 0 Å². The van der Waals surface area contributed by atoms with E-state index in [-0.39, 0.29) is 0 Å². The Bertz CT molecular complexity index is 3400. The standard InChI is InChI=1S/C58H37N5/c1-5-17-38(18-6-1)55-61-56(39-19-7-2-8-20-39)63-57(62-55)43-34-41(33-42(35-43)54-50-37-59-32-31-46(50)49-26-14-16-28-53(49)60-54)40-29-30-48-47-25-13-15-27-51(47)58(52(48)36-40,44-21-9-3-10-22-44)45-23-11-4-12-24-45/h1-37H. The van der Waals surface area contributed by atoms with Gasteiger partial charge < -0.3 is 0 Å². The second-order valence-electron chi connectivity index (χ2n) is 16.0. The summed E-state index contributed by atoms with van der Waals surface area (Å²) >= 11 is 0. The van der Waals surface area contributed by atoms with Crippen LogP contribution in [0, 0.1) is 0 Å². The van der Waals surface area contributed by atoms with Crippen molar-refractivity contribution in [3.05, 3.63) is 247 Å². The molecule has 0 amide bonds. The molecule has 0 aliphatic heterocycles. The van der Waals surface area contributed by atoms with E-state index in [9.17, 15) is 0 Å². The summed E-state index contributed by atoms with van der Waals surface area (Å²) in [5.74, 6) is 1.79. The number of hydrogen-bond donors (Lipinski definition) is 0. The zero-order valence-corrected chi connectivity index (χ0v) is 34.1. The van der Waals surface area contributed by atoms with Crippen molar-refractivity contribution in [1.29, 1.82) is 0 Å². The van der Waals surface area contributed by atoms with Crippen molar-refractivity contribution >= 4 is 21.7 Å². The summed E-state index contributed by atoms with van der Waals surface area (Å²) in [4.78, 5) is 25.4. The van der Waals surface area contributed by atoms with Crippen LogP contribution >= 0.6 is 0 Å². The molecule has 5 nitrogen and oxygen atoms in total. The van der Waals surface area contributed by atoms with Crippen molar-refractivity contribution in [2.24, 2.45) is 0 Å². The molecule has 12 rings (SSSR count). The van der Waals surface area contributed by atoms with Crippen LogP contribution in [0.4, 0.5) is 0 Å². The Balaban J connectivity index is 1.14. The van der Waals surface area contributed by atoms with Crippen LogP contribution in [-0.2, 0) is 5.41 Å². The fourth-order valence-corrected chi connectivity index (χ4v) is 9.64. The average Bonchev–Trinajstić information content (AvgIpc) is 3.67. The Morgan fingerprint density at radius 2 is 0.857 bits per heavy atom. The lowest BCUT2D eigenvalue weighted by Crippen LogP contribution is -2.28. The molecule has 0 fully saturated rings. The maximum Gasteiger partial charge on any atom is 0.164 e. The summed E-state index contributed by atoms with van der Waals surface area (Å²) in [5, 5.41) is 3.16. The minimum absolute atomic E-state index is 0.546. The predicted octanol–water partition coefficient (Wildman–Crippen LogP) is 13.7. The third-order valence-electron chi connectivity index (χ3n) is 12.5. The zero-order chi connectivity index (χ0) is 41.7. The monoisotopic (exact) mass is 803 g/mol. The fraction of sp³-hybridized carbons (Fsp3) is 0.0172. The van der Waals surface area contributed by atoms with Crippen LogP contribution in [0.5, 0.6) is 0 Å². The van der Waals surface area contributed by atoms with Crippen LogP contribution < -0.4 is 0 Å². The molecule has 0 radical (unpaired) electrons. The minimum Gasteiger partial charge on any atom is -0.264 e. The molecular weight excluding hydrogens is 767 g/mol. The molecule has 3 aromatic heterocycles. The Kier molecular flexibility index (Phi) is 8.64. The van der Waals surface area contributed by atoms with Crippen molar-refractivity contribution in [2.75, 3.05) is 0 Å². The second kappa shape index (κ2) is 14.9. The van der Waals surface area contributed by atoms with Gasteiger partial charge in [0.05, 0.1) is 16.6 Å². The van der Waals surface area contributed by atoms with Crippen molar-refractivity contribution in [2.45, 2.75) is 5.41 Å². The summed E-state index contributed by atoms with van der Waals surface area (Å²) in [6, 6.07) is 75.0. The number of fused-ring (bicyclic) bond motifs is 6. The molecule has 8 aromatic carbocycles. The Labute approximate surface area is 365 Å². The van der Waals surface area contributed by atoms with Crippen LogP contribution in [-0.4, -0.2) is 24.9 Å². The fourth-order valence-electron chi connectivity index (χ4n) is 9.64. The highest BCUT2D eigenvalue weighted by molar-refractivity contribution is 6.10. The molecule has 0 N–H and O–H groups in total. The first-order valence-electron chi connectivity index (χ1n) is 21.2. The van der Waals surface area contributed by atoms with Gasteiger partial charge in [0, 0.05) is 45.4 Å². The van der Waals surface area contributed by atoms with Crippen LogP contribution in [0.1, 0.15) is 22.3 Å². The van der Waals surface area contributed by atoms with Gasteiger partial charge >= 0.3 is 0 Å². The molecule has 5 heteroatoms. The molecule has 3 heterocycles. The van der Waals surface area contributed by atoms with Crippen LogP contribution in [0.25, 0.3) is 89.4 Å². The summed E-state index contributed by atoms with van der Waals surface area (Å²) < 4.78 is 0. The van der Waals surface area contributed by atoms with Gasteiger partial charge in [-0.3, -0.25) is 4.98 Å². The molecular formula is C58H37N5. The van der Waals surface area contributed by atoms with Crippen LogP contribution in [0.2, 0.25) is 0 Å². The molecule has 0 saturated carbocycles. The second-order valence-corrected chi connectivity index (χ2v) is 16.0. The molecule has 294 valence electrons. The molecule has 63 heavy (non-hydrogen) atoms. The smallest absolute Gasteiger partial charge is 0.164 e. The van der Waals surface area contributed by atoms with E-state index in [1.54, 1.807) is 0 Å². The van der Waals surface area contributed by atoms with Gasteiger partial charge in [-0.1, -0.05) is 176 Å². The summed E-state index contributed by atoms with van der Waals surface area (Å²) in [6.07, 6.45) is 3.79. The summed E-state index contributed by atoms with van der Waals surface area (Å²) in [5.41, 5.74) is 14.4. The SMILES string of the molecule is c1ccc(-c2nc(-c3ccccc3)nc(-c3cc(-c4ccc5c(c4)C(c4ccccc4)(c4ccccc4)c4ccccc4-5)cc(-c4nc5ccccc5c5ccncc45)c3)n2)cc1. The van der Waals surface area contributed by atoms with Gasteiger partial charge in [-0.15, -0.1) is 0 Å². The van der Waals surface area contributed by atoms with E-state index in [1.165, 1.54) is 33.4 Å². The van der Waals surface area contributed by atoms with E-state index in [0.717, 1.165) is 60.8 Å². The van der Waals surface area contributed by atoms with Gasteiger partial charge in [0.1, 0.15) is 0 Å². The highest BCUT2D eigenvalue weighted by atomic mass is 15.0. The highest BCUT2D eigenvalue weighted by Gasteiger charge is 2.46. The maximum absolute atomic E-state index is 5.37. The lowest BCUT2D eigenvalue weighted by molar-refractivity contribution is 0.769. The minimum atomic E-state index is -0.546. The quantitative estimate of drug-likeness (QED) is 0.150. The summed E-state index contributed by atoms with van der Waals surface area (Å²) in [7, 11) is 0. The number of aromatic nitrogens is 5. The average molecular weight is 804 g/mol. The Hall–Kier alpha value is -8.41. The van der Waals surface area contributed by atoms with Gasteiger partial charge in [0.2, 0.25) is 0 Å². The molecule has 1 aliphatic carbocycles. The number of rotatable bonds is 7. The number of benzene rings is 8. The van der Waals surface area contributed by atoms with Gasteiger partial charge in [-0.25, -0.2) is 19.9 Å². The molecule has 0 bridgehead atoms. The lowest BCUT2D eigenvalue weighted by atomic mass is 9.67. The number of hydrogen-bond acceptors (Lipinski definition) is 5. The topological polar surface area (TPSA) is 64.5 Å². The van der Waals surface area contributed by atoms with E-state index in [2.05, 4.69) is 151 Å². The zero-order valence-electron chi connectivity index (χ0n) is 34.1. The summed E-state index contributed by atoms with van der Waals surface area (Å²) in [6.45, 7) is 0. The molecule has 0 atom stereocenters. The van der Waals surface area contributed by atoms with Crippen molar-refractivity contribution in [3.8, 4) is 67.7 Å². The highest BCUT2D eigenvalue weighted by Crippen LogP contribution is 2.56. The van der Waals surface area contributed by atoms with E-state index in [1.807, 2.05) is 79.1 Å². The first-order chi connectivity index (χ1) is 31.2. The molecule has 0 saturated heterocycles. The van der Waals surface area contributed by atoms with Crippen molar-refractivity contribution in [1.82, 2.24) is 24.9 Å². The van der Waals surface area contributed by atoms with Gasteiger partial charge in [0.15, 0.2) is 17.5 Å². The molecule has 1 aliphatic rings. The molecule has 0 unspecified atom stereocenters.